The Balaban J connectivity index is 2.40. The van der Waals surface area contributed by atoms with Gasteiger partial charge in [-0.15, -0.1) is 0 Å². The van der Waals surface area contributed by atoms with Crippen LogP contribution in [0.1, 0.15) is 24.2 Å². The number of hydrogen-bond acceptors (Lipinski definition) is 4. The van der Waals surface area contributed by atoms with E-state index < -0.39 is 0 Å². The van der Waals surface area contributed by atoms with Gasteiger partial charge in [0.1, 0.15) is 0 Å². The molecule has 1 aliphatic rings. The molecule has 1 aromatic carbocycles. The number of rotatable bonds is 2. The largest absolute Gasteiger partial charge is 0.465 e. The van der Waals surface area contributed by atoms with Crippen molar-refractivity contribution in [2.75, 3.05) is 30.4 Å². The van der Waals surface area contributed by atoms with E-state index in [-0.39, 0.29) is 5.97 Å². The number of fused-ring (bicyclic) bond motifs is 1. The molecule has 1 aliphatic heterocycles. The van der Waals surface area contributed by atoms with Gasteiger partial charge in [-0.05, 0) is 32.0 Å². The Hall–Kier alpha value is -1.71. The van der Waals surface area contributed by atoms with E-state index in [4.69, 9.17) is 4.74 Å². The van der Waals surface area contributed by atoms with E-state index in [1.54, 1.807) is 6.07 Å². The topological polar surface area (TPSA) is 41.6 Å². The summed E-state index contributed by atoms with van der Waals surface area (Å²) in [7, 11) is 1.40. The number of benzene rings is 1. The number of ether oxygens (including phenoxy) is 1. The number of nitrogens with one attached hydrogen (secondary N) is 1. The Kier molecular flexibility index (Phi) is 3.22. The Labute approximate surface area is 102 Å². The third-order valence-electron chi connectivity index (χ3n) is 3.02. The third-order valence-corrected chi connectivity index (χ3v) is 3.02. The highest BCUT2D eigenvalue weighted by molar-refractivity contribution is 5.92. The molecule has 0 aromatic heterocycles. The molecule has 2 rings (SSSR count). The number of nitrogens with zero attached hydrogens (tertiary/aromatic N) is 1. The first-order valence-electron chi connectivity index (χ1n) is 5.86. The van der Waals surface area contributed by atoms with E-state index in [0.717, 1.165) is 24.5 Å². The van der Waals surface area contributed by atoms with Crippen LogP contribution in [0.4, 0.5) is 11.4 Å². The minimum Gasteiger partial charge on any atom is -0.465 e. The lowest BCUT2D eigenvalue weighted by molar-refractivity contribution is 0.0601. The molecule has 0 saturated carbocycles. The maximum Gasteiger partial charge on any atom is 0.337 e. The quantitative estimate of drug-likeness (QED) is 0.796. The van der Waals surface area contributed by atoms with E-state index in [1.165, 1.54) is 7.11 Å². The number of carbonyl (C=O) groups is 1. The fourth-order valence-corrected chi connectivity index (χ4v) is 2.13. The van der Waals surface area contributed by atoms with Crippen molar-refractivity contribution in [1.82, 2.24) is 0 Å². The van der Waals surface area contributed by atoms with E-state index >= 15 is 0 Å². The Bertz CT molecular complexity index is 429. The summed E-state index contributed by atoms with van der Waals surface area (Å²) in [6.07, 6.45) is 0. The van der Waals surface area contributed by atoms with Crippen LogP contribution < -0.4 is 10.2 Å². The number of hydrogen-bond donors (Lipinski definition) is 1. The van der Waals surface area contributed by atoms with E-state index in [0.29, 0.717) is 11.6 Å². The fraction of sp³-hybridized carbons (Fsp3) is 0.462. The smallest absolute Gasteiger partial charge is 0.337 e. The normalized spacial score (nSPS) is 14.2. The number of anilines is 2. The summed E-state index contributed by atoms with van der Waals surface area (Å²) in [4.78, 5) is 13.8. The summed E-state index contributed by atoms with van der Waals surface area (Å²) in [5.41, 5.74) is 2.76. The minimum absolute atomic E-state index is 0.290. The molecule has 1 aromatic rings. The van der Waals surface area contributed by atoms with Gasteiger partial charge >= 0.3 is 5.97 Å². The zero-order valence-electron chi connectivity index (χ0n) is 10.5. The van der Waals surface area contributed by atoms with Gasteiger partial charge in [0.25, 0.3) is 0 Å². The van der Waals surface area contributed by atoms with Gasteiger partial charge in [0.05, 0.1) is 24.0 Å². The molecule has 17 heavy (non-hydrogen) atoms. The molecule has 0 atom stereocenters. The average Bonchev–Trinajstić information content (AvgIpc) is 2.36. The van der Waals surface area contributed by atoms with Gasteiger partial charge in [-0.3, -0.25) is 0 Å². The average molecular weight is 234 g/mol. The maximum absolute atomic E-state index is 11.5. The molecule has 4 heteroatoms. The highest BCUT2D eigenvalue weighted by Crippen LogP contribution is 2.31. The molecule has 0 bridgehead atoms. The third kappa shape index (κ3) is 2.20. The predicted molar refractivity (Wildman–Crippen MR) is 68.8 cm³/mol. The SMILES string of the molecule is COC(=O)c1ccc2c(c1)N(C(C)C)CCN2. The fourth-order valence-electron chi connectivity index (χ4n) is 2.13. The van der Waals surface area contributed by atoms with Crippen LogP contribution in [0.3, 0.4) is 0 Å². The number of methoxy groups -OCH3 is 1. The molecule has 92 valence electrons. The molecule has 1 heterocycles. The zero-order valence-corrected chi connectivity index (χ0v) is 10.5. The Morgan fingerprint density at radius 1 is 1.47 bits per heavy atom. The Morgan fingerprint density at radius 3 is 2.88 bits per heavy atom. The van der Waals surface area contributed by atoms with Crippen molar-refractivity contribution < 1.29 is 9.53 Å². The van der Waals surface area contributed by atoms with E-state index in [1.807, 2.05) is 12.1 Å². The van der Waals surface area contributed by atoms with Gasteiger partial charge in [0.2, 0.25) is 0 Å². The van der Waals surface area contributed by atoms with Crippen molar-refractivity contribution in [2.24, 2.45) is 0 Å². The maximum atomic E-state index is 11.5. The number of carbonyl (C=O) groups excluding carboxylic acids is 1. The summed E-state index contributed by atoms with van der Waals surface area (Å²) < 4.78 is 4.75. The highest BCUT2D eigenvalue weighted by Gasteiger charge is 2.20. The van der Waals surface area contributed by atoms with Gasteiger partial charge in [0, 0.05) is 19.1 Å². The van der Waals surface area contributed by atoms with Crippen LogP contribution in [0.25, 0.3) is 0 Å². The summed E-state index contributed by atoms with van der Waals surface area (Å²) in [5, 5.41) is 3.34. The standard InChI is InChI=1S/C13H18N2O2/c1-9(2)15-7-6-14-11-5-4-10(8-12(11)15)13(16)17-3/h4-5,8-9,14H,6-7H2,1-3H3. The summed E-state index contributed by atoms with van der Waals surface area (Å²) in [6, 6.07) is 6.05. The van der Waals surface area contributed by atoms with Crippen molar-refractivity contribution in [3.63, 3.8) is 0 Å². The number of esters is 1. The lowest BCUT2D eigenvalue weighted by Crippen LogP contribution is -2.39. The molecule has 4 nitrogen and oxygen atoms in total. The van der Waals surface area contributed by atoms with Crippen molar-refractivity contribution in [1.29, 1.82) is 0 Å². The second-order valence-corrected chi connectivity index (χ2v) is 4.44. The monoisotopic (exact) mass is 234 g/mol. The zero-order chi connectivity index (χ0) is 12.4. The summed E-state index contributed by atoms with van der Waals surface area (Å²) in [5.74, 6) is -0.290. The molecule has 0 spiro atoms. The molecule has 0 amide bonds. The molecule has 0 fully saturated rings. The van der Waals surface area contributed by atoms with Gasteiger partial charge < -0.3 is 15.0 Å². The van der Waals surface area contributed by atoms with Crippen LogP contribution in [0, 0.1) is 0 Å². The summed E-state index contributed by atoms with van der Waals surface area (Å²) in [6.45, 7) is 6.19. The van der Waals surface area contributed by atoms with Gasteiger partial charge in [-0.1, -0.05) is 0 Å². The van der Waals surface area contributed by atoms with Crippen LogP contribution in [-0.2, 0) is 4.74 Å². The van der Waals surface area contributed by atoms with Gasteiger partial charge in [-0.25, -0.2) is 4.79 Å². The molecule has 0 unspecified atom stereocenters. The van der Waals surface area contributed by atoms with Gasteiger partial charge in [-0.2, -0.15) is 0 Å². The minimum atomic E-state index is -0.290. The molecule has 0 saturated heterocycles. The first-order valence-corrected chi connectivity index (χ1v) is 5.86. The van der Waals surface area contributed by atoms with Crippen molar-refractivity contribution in [3.8, 4) is 0 Å². The van der Waals surface area contributed by atoms with E-state index in [9.17, 15) is 4.79 Å². The van der Waals surface area contributed by atoms with Crippen LogP contribution >= 0.6 is 0 Å². The lowest BCUT2D eigenvalue weighted by atomic mass is 10.1. The predicted octanol–water partition coefficient (Wildman–Crippen LogP) is 2.11. The van der Waals surface area contributed by atoms with Crippen LogP contribution in [-0.4, -0.2) is 32.2 Å². The first kappa shape index (κ1) is 11.8. The second-order valence-electron chi connectivity index (χ2n) is 4.44. The van der Waals surface area contributed by atoms with Crippen molar-refractivity contribution in [2.45, 2.75) is 19.9 Å². The second kappa shape index (κ2) is 4.65. The van der Waals surface area contributed by atoms with Gasteiger partial charge in [0.15, 0.2) is 0 Å². The molecule has 0 aliphatic carbocycles. The summed E-state index contributed by atoms with van der Waals surface area (Å²) >= 11 is 0. The molecular weight excluding hydrogens is 216 g/mol. The van der Waals surface area contributed by atoms with Crippen molar-refractivity contribution in [3.05, 3.63) is 23.8 Å². The van der Waals surface area contributed by atoms with Crippen LogP contribution in [0.5, 0.6) is 0 Å². The van der Waals surface area contributed by atoms with Crippen molar-refractivity contribution >= 4 is 17.3 Å². The first-order chi connectivity index (χ1) is 8.13. The van der Waals surface area contributed by atoms with Crippen LogP contribution in [0.2, 0.25) is 0 Å². The van der Waals surface area contributed by atoms with Crippen LogP contribution in [0.15, 0.2) is 18.2 Å². The Morgan fingerprint density at radius 2 is 2.24 bits per heavy atom. The van der Waals surface area contributed by atoms with E-state index in [2.05, 4.69) is 24.1 Å². The lowest BCUT2D eigenvalue weighted by Gasteiger charge is -2.35. The molecule has 0 radical (unpaired) electrons. The molecule has 1 N–H and O–H groups in total. The molecular formula is C13H18N2O2. The highest BCUT2D eigenvalue weighted by atomic mass is 16.5.